The average Bonchev–Trinajstić information content (AvgIpc) is 1.57. The lowest BCUT2D eigenvalue weighted by Gasteiger charge is -2.13. The van der Waals surface area contributed by atoms with Gasteiger partial charge in [-0.3, -0.25) is 0 Å². The molecule has 580 valence electrons. The Hall–Kier alpha value is -16.1. The van der Waals surface area contributed by atoms with Crippen LogP contribution in [0.2, 0.25) is 0 Å². The maximum absolute atomic E-state index is 6.72. The van der Waals surface area contributed by atoms with E-state index >= 15 is 0 Å². The van der Waals surface area contributed by atoms with Gasteiger partial charge in [-0.1, -0.05) is 364 Å². The molecule has 24 rings (SSSR count). The Morgan fingerprint density at radius 1 is 0.185 bits per heavy atom. The zero-order chi connectivity index (χ0) is 82.0. The number of fused-ring (bicyclic) bond motifs is 12. The normalized spacial score (nSPS) is 11.5. The zero-order valence-electron chi connectivity index (χ0n) is 66.5. The van der Waals surface area contributed by atoms with Crippen LogP contribution in [0.25, 0.3) is 242 Å². The number of hydrogen-bond acceptors (Lipinski definition) is 12. The van der Waals surface area contributed by atoms with E-state index in [9.17, 15) is 0 Å². The summed E-state index contributed by atoms with van der Waals surface area (Å²) in [6.45, 7) is 0. The number of para-hydroxylation sites is 6. The summed E-state index contributed by atoms with van der Waals surface area (Å²) in [5.41, 5.74) is 26.1. The number of hydrogen-bond donors (Lipinski definition) is 0. The van der Waals surface area contributed by atoms with Crippen LogP contribution in [0.1, 0.15) is 0 Å². The van der Waals surface area contributed by atoms with Crippen LogP contribution in [-0.2, 0) is 0 Å². The second-order valence-electron chi connectivity index (χ2n) is 30.7. The minimum atomic E-state index is 0.617. The highest BCUT2D eigenvalue weighted by atomic mass is 32.1. The van der Waals surface area contributed by atoms with Gasteiger partial charge in [-0.25, -0.2) is 39.9 Å². The van der Waals surface area contributed by atoms with Crippen molar-refractivity contribution in [2.45, 2.75) is 0 Å². The SMILES string of the molecule is c1ccc(-c2nc(-c3ccccc3)nc(-c3ccc(-c4ccc(-c5c(-c6cccc7c6oc6ccccc67)sc6c5c(-c5ccccc5)nc5ccccc56)cc4)cc3)n2)cc1.c1ccc(-c2nc(-c3ccccc3)nc(-c3cccc(-c4cccc(-c5c(-c6cccc7c6oc6ccccc67)sc6c5c(-c5ccccc5)nc5ccccc56)c4)c3)n2)cc1. The molecule has 16 aromatic carbocycles. The Balaban J connectivity index is 0.000000143. The van der Waals surface area contributed by atoms with E-state index in [1.54, 1.807) is 0 Å². The number of thiophene rings is 2. The number of benzene rings is 16. The van der Waals surface area contributed by atoms with E-state index in [1.165, 1.54) is 9.40 Å². The maximum atomic E-state index is 6.72. The largest absolute Gasteiger partial charge is 0.455 e. The number of aromatic nitrogens is 8. The summed E-state index contributed by atoms with van der Waals surface area (Å²) >= 11 is 3.63. The molecule has 0 saturated carbocycles. The first-order valence-corrected chi connectivity index (χ1v) is 42.9. The molecule has 0 radical (unpaired) electrons. The molecule has 0 unspecified atom stereocenters. The Bertz CT molecular complexity index is 8090. The lowest BCUT2D eigenvalue weighted by Crippen LogP contribution is -2.00. The third-order valence-electron chi connectivity index (χ3n) is 23.1. The molecule has 0 bridgehead atoms. The van der Waals surface area contributed by atoms with E-state index in [4.69, 9.17) is 48.7 Å². The van der Waals surface area contributed by atoms with E-state index in [0.29, 0.717) is 34.9 Å². The number of rotatable bonds is 14. The second kappa shape index (κ2) is 31.2. The topological polar surface area (TPSA) is 129 Å². The highest BCUT2D eigenvalue weighted by Crippen LogP contribution is 2.55. The number of furan rings is 2. The molecule has 12 heteroatoms. The van der Waals surface area contributed by atoms with Gasteiger partial charge in [-0.2, -0.15) is 0 Å². The molecule has 24 aromatic rings. The molecule has 0 saturated heterocycles. The predicted octanol–water partition coefficient (Wildman–Crippen LogP) is 30.4. The van der Waals surface area contributed by atoms with Crippen molar-refractivity contribution in [3.63, 3.8) is 0 Å². The van der Waals surface area contributed by atoms with Crippen molar-refractivity contribution in [2.75, 3.05) is 0 Å². The molecule has 0 amide bonds. The molecule has 0 aliphatic carbocycles. The predicted molar refractivity (Wildman–Crippen MR) is 512 cm³/mol. The lowest BCUT2D eigenvalue weighted by molar-refractivity contribution is 0.670. The van der Waals surface area contributed by atoms with Gasteiger partial charge >= 0.3 is 0 Å². The first-order chi connectivity index (χ1) is 61.5. The summed E-state index contributed by atoms with van der Waals surface area (Å²) in [6, 6.07) is 143. The molecule has 0 N–H and O–H groups in total. The summed E-state index contributed by atoms with van der Waals surface area (Å²) in [7, 11) is 0. The standard InChI is InChI=1S/2C56H34N4OS/c1-4-17-35(18-5-1)50-49-48(53(62-52(49)44-28-10-12-31-46(44)57-50)45-30-16-29-43-42-27-11-13-32-47(42)61-51(43)45)40-25-14-23-38(33-40)39-24-15-26-41(34-39)56-59-54(36-19-6-2-7-20-36)58-55(60-56)37-21-8-3-9-22-37;1-4-15-38(16-5-1)50-49-48(53(62-52(49)44-22-10-12-25-46(44)57-50)45-24-14-23-43-42-21-11-13-26-47(42)61-51(43)45)37-31-27-35(28-32-37)36-29-33-41(34-30-36)56-59-54(39-17-6-2-7-18-39)58-55(60-56)40-19-8-3-9-20-40/h2*1-34H. The van der Waals surface area contributed by atoms with Crippen molar-refractivity contribution in [3.8, 4) is 156 Å². The molecule has 0 aliphatic rings. The van der Waals surface area contributed by atoms with E-state index in [-0.39, 0.29) is 0 Å². The first kappa shape index (κ1) is 73.1. The molecule has 8 heterocycles. The van der Waals surface area contributed by atoms with E-state index in [0.717, 1.165) is 198 Å². The smallest absolute Gasteiger partial charge is 0.164 e. The zero-order valence-corrected chi connectivity index (χ0v) is 68.1. The summed E-state index contributed by atoms with van der Waals surface area (Å²) in [4.78, 5) is 42.8. The first-order valence-electron chi connectivity index (χ1n) is 41.3. The number of pyridine rings is 2. The van der Waals surface area contributed by atoms with Crippen LogP contribution in [0.3, 0.4) is 0 Å². The average molecular weight is 1620 g/mol. The molecule has 0 atom stereocenters. The monoisotopic (exact) mass is 1620 g/mol. The fraction of sp³-hybridized carbons (Fsp3) is 0. The van der Waals surface area contributed by atoms with Crippen LogP contribution in [0, 0.1) is 0 Å². The Morgan fingerprint density at radius 3 is 0.863 bits per heavy atom. The molecule has 10 nitrogen and oxygen atoms in total. The van der Waals surface area contributed by atoms with Crippen molar-refractivity contribution in [3.05, 3.63) is 413 Å². The van der Waals surface area contributed by atoms with Crippen LogP contribution >= 0.6 is 22.7 Å². The van der Waals surface area contributed by atoms with Gasteiger partial charge in [0, 0.05) is 129 Å². The van der Waals surface area contributed by atoms with Crippen LogP contribution in [-0.4, -0.2) is 39.9 Å². The summed E-state index contributed by atoms with van der Waals surface area (Å²) in [5.74, 6) is 3.80. The van der Waals surface area contributed by atoms with Crippen LogP contribution in [0.15, 0.2) is 421 Å². The van der Waals surface area contributed by atoms with Crippen molar-refractivity contribution >= 4 is 109 Å². The van der Waals surface area contributed by atoms with E-state index < -0.39 is 0 Å². The van der Waals surface area contributed by atoms with Gasteiger partial charge in [0.1, 0.15) is 22.3 Å². The van der Waals surface area contributed by atoms with Gasteiger partial charge in [0.05, 0.1) is 22.4 Å². The van der Waals surface area contributed by atoms with E-state index in [2.05, 4.69) is 279 Å². The fourth-order valence-corrected chi connectivity index (χ4v) is 19.9. The second-order valence-corrected chi connectivity index (χ2v) is 32.7. The molecular weight excluding hydrogens is 1550 g/mol. The minimum absolute atomic E-state index is 0.617. The molecule has 0 spiro atoms. The van der Waals surface area contributed by atoms with Gasteiger partial charge in [0.25, 0.3) is 0 Å². The fourth-order valence-electron chi connectivity index (χ4n) is 17.2. The molecule has 8 aromatic heterocycles. The Kier molecular flexibility index (Phi) is 18.4. The summed E-state index contributed by atoms with van der Waals surface area (Å²) in [5, 5.41) is 8.96. The van der Waals surface area contributed by atoms with E-state index in [1.807, 2.05) is 156 Å². The highest BCUT2D eigenvalue weighted by Gasteiger charge is 2.29. The summed E-state index contributed by atoms with van der Waals surface area (Å²) < 4.78 is 15.8. The molecule has 0 aliphatic heterocycles. The molecule has 0 fully saturated rings. The van der Waals surface area contributed by atoms with Crippen LogP contribution in [0.5, 0.6) is 0 Å². The Morgan fingerprint density at radius 2 is 0.460 bits per heavy atom. The highest BCUT2D eigenvalue weighted by molar-refractivity contribution is 7.24. The van der Waals surface area contributed by atoms with Gasteiger partial charge in [0.15, 0.2) is 34.9 Å². The third kappa shape index (κ3) is 13.3. The van der Waals surface area contributed by atoms with Crippen molar-refractivity contribution in [1.29, 1.82) is 0 Å². The third-order valence-corrected chi connectivity index (χ3v) is 25.6. The van der Waals surface area contributed by atoms with Gasteiger partial charge in [-0.05, 0) is 81.9 Å². The quantitative estimate of drug-likeness (QED) is 0.104. The van der Waals surface area contributed by atoms with Gasteiger partial charge in [0.2, 0.25) is 0 Å². The van der Waals surface area contributed by atoms with Crippen molar-refractivity contribution < 1.29 is 8.83 Å². The van der Waals surface area contributed by atoms with Crippen molar-refractivity contribution in [1.82, 2.24) is 39.9 Å². The van der Waals surface area contributed by atoms with Gasteiger partial charge in [-0.15, -0.1) is 22.7 Å². The molecular formula is C112H68N8O2S2. The minimum Gasteiger partial charge on any atom is -0.455 e. The summed E-state index contributed by atoms with van der Waals surface area (Å²) in [6.07, 6.45) is 0. The van der Waals surface area contributed by atoms with Crippen LogP contribution < -0.4 is 0 Å². The lowest BCUT2D eigenvalue weighted by atomic mass is 9.92. The molecule has 124 heavy (non-hydrogen) atoms. The number of nitrogens with zero attached hydrogens (tertiary/aromatic N) is 8. The maximum Gasteiger partial charge on any atom is 0.164 e. The van der Waals surface area contributed by atoms with Gasteiger partial charge < -0.3 is 8.83 Å². The van der Waals surface area contributed by atoms with Crippen LogP contribution in [0.4, 0.5) is 0 Å². The Labute approximate surface area is 720 Å². The van der Waals surface area contributed by atoms with Crippen molar-refractivity contribution in [2.24, 2.45) is 0 Å².